The highest BCUT2D eigenvalue weighted by atomic mass is 19.1. The molecule has 0 aliphatic carbocycles. The van der Waals surface area contributed by atoms with Crippen molar-refractivity contribution in [2.75, 3.05) is 0 Å². The molecule has 0 saturated carbocycles. The number of halogens is 1. The number of esters is 2. The molecule has 0 atom stereocenters. The number of ether oxygens (including phenoxy) is 2. The van der Waals surface area contributed by atoms with Crippen molar-refractivity contribution >= 4 is 48.4 Å². The van der Waals surface area contributed by atoms with E-state index in [-0.39, 0.29) is 5.82 Å². The van der Waals surface area contributed by atoms with Crippen molar-refractivity contribution in [3.63, 3.8) is 0 Å². The molecule has 0 aromatic heterocycles. The minimum Gasteiger partial charge on any atom is -0.423 e. The molecule has 214 valence electrons. The second kappa shape index (κ2) is 14.4. The monoisotopic (exact) mass is 570 g/mol. The van der Waals surface area contributed by atoms with Gasteiger partial charge in [0.15, 0.2) is 0 Å². The Morgan fingerprint density at radius 1 is 0.535 bits per heavy atom. The topological polar surface area (TPSA) is 52.6 Å². The van der Waals surface area contributed by atoms with Crippen LogP contribution in [0, 0.1) is 5.82 Å². The zero-order valence-electron chi connectivity index (χ0n) is 24.0. The van der Waals surface area contributed by atoms with Crippen LogP contribution < -0.4 is 9.47 Å². The number of rotatable bonds is 10. The maximum Gasteiger partial charge on any atom is 0.338 e. The third-order valence-electron chi connectivity index (χ3n) is 6.23. The Bertz CT molecular complexity index is 1720. The van der Waals surface area contributed by atoms with E-state index in [4.69, 9.17) is 9.47 Å². The zero-order chi connectivity index (χ0) is 30.8. The molecule has 43 heavy (non-hydrogen) atoms. The van der Waals surface area contributed by atoms with E-state index in [0.29, 0.717) is 28.2 Å². The van der Waals surface area contributed by atoms with Crippen molar-refractivity contribution in [3.8, 4) is 11.5 Å². The van der Waals surface area contributed by atoms with E-state index in [2.05, 4.69) is 13.2 Å². The summed E-state index contributed by atoms with van der Waals surface area (Å²) in [6.07, 6.45) is 11.3. The van der Waals surface area contributed by atoms with Crippen LogP contribution in [-0.4, -0.2) is 11.9 Å². The van der Waals surface area contributed by atoms with Gasteiger partial charge in [-0.25, -0.2) is 14.0 Å². The predicted octanol–water partition coefficient (Wildman–Crippen LogP) is 9.30. The van der Waals surface area contributed by atoms with Gasteiger partial charge in [0.25, 0.3) is 0 Å². The predicted molar refractivity (Wildman–Crippen MR) is 173 cm³/mol. The van der Waals surface area contributed by atoms with Crippen LogP contribution in [-0.2, 0) is 9.59 Å². The van der Waals surface area contributed by atoms with Crippen LogP contribution in [0.1, 0.15) is 47.2 Å². The first-order valence-corrected chi connectivity index (χ1v) is 13.6. The highest BCUT2D eigenvalue weighted by Crippen LogP contribution is 2.20. The summed E-state index contributed by atoms with van der Waals surface area (Å²) in [6, 6.07) is 27.2. The van der Waals surface area contributed by atoms with Crippen molar-refractivity contribution in [2.45, 2.75) is 13.8 Å². The van der Waals surface area contributed by atoms with Gasteiger partial charge in [-0.15, -0.1) is 0 Å². The average molecular weight is 571 g/mol. The Morgan fingerprint density at radius 3 is 1.23 bits per heavy atom. The van der Waals surface area contributed by atoms with Gasteiger partial charge in [-0.1, -0.05) is 110 Å². The molecule has 0 aliphatic rings. The second-order valence-electron chi connectivity index (χ2n) is 9.93. The molecule has 4 aromatic carbocycles. The van der Waals surface area contributed by atoms with Crippen LogP contribution in [0.15, 0.2) is 115 Å². The van der Waals surface area contributed by atoms with Crippen LogP contribution >= 0.6 is 0 Å². The molecule has 0 saturated heterocycles. The lowest BCUT2D eigenvalue weighted by atomic mass is 10.1. The summed E-state index contributed by atoms with van der Waals surface area (Å²) >= 11 is 0. The van der Waals surface area contributed by atoms with Crippen LogP contribution in [0.2, 0.25) is 0 Å². The fourth-order valence-electron chi connectivity index (χ4n) is 3.75. The van der Waals surface area contributed by atoms with E-state index in [1.54, 1.807) is 50.3 Å². The van der Waals surface area contributed by atoms with E-state index < -0.39 is 11.9 Å². The van der Waals surface area contributed by atoms with Gasteiger partial charge in [0, 0.05) is 16.7 Å². The lowest BCUT2D eigenvalue weighted by Crippen LogP contribution is -2.07. The summed E-state index contributed by atoms with van der Waals surface area (Å²) in [6.45, 7) is 10.3. The maximum atomic E-state index is 14.8. The molecule has 0 unspecified atom stereocenters. The van der Waals surface area contributed by atoms with Crippen LogP contribution in [0.5, 0.6) is 11.5 Å². The highest BCUT2D eigenvalue weighted by molar-refractivity contribution is 5.89. The number of benzene rings is 4. The van der Waals surface area contributed by atoms with Gasteiger partial charge in [0.2, 0.25) is 0 Å². The smallest absolute Gasteiger partial charge is 0.338 e. The lowest BCUT2D eigenvalue weighted by Gasteiger charge is -2.04. The van der Waals surface area contributed by atoms with Gasteiger partial charge >= 0.3 is 11.9 Å². The van der Waals surface area contributed by atoms with Gasteiger partial charge < -0.3 is 9.47 Å². The molecule has 4 nitrogen and oxygen atoms in total. The third-order valence-corrected chi connectivity index (χ3v) is 6.23. The summed E-state index contributed by atoms with van der Waals surface area (Å²) in [5, 5.41) is 0. The summed E-state index contributed by atoms with van der Waals surface area (Å²) in [7, 11) is 0. The van der Waals surface area contributed by atoms with Crippen molar-refractivity contribution in [1.29, 1.82) is 0 Å². The first-order chi connectivity index (χ1) is 20.7. The molecular formula is C38H31FO4. The van der Waals surface area contributed by atoms with E-state index in [9.17, 15) is 14.0 Å². The minimum atomic E-state index is -0.469. The lowest BCUT2D eigenvalue weighted by molar-refractivity contribution is -0.130. The fraction of sp³-hybridized carbons (Fsp3) is 0.0526. The second-order valence-corrected chi connectivity index (χ2v) is 9.93. The molecule has 0 N–H and O–H groups in total. The Morgan fingerprint density at radius 2 is 0.860 bits per heavy atom. The van der Waals surface area contributed by atoms with E-state index >= 15 is 0 Å². The minimum absolute atomic E-state index is 0.319. The Balaban J connectivity index is 1.32. The standard InChI is InChI=1S/C38H31FO4/c1-26(2)37(40)42-34-21-15-30(16-22-34)10-7-28-5-8-29(9-6-28)13-19-33-20-14-32(25-36(33)39)12-11-31-17-23-35(24-18-31)43-38(41)27(3)4/h5-25H,1,3H2,2,4H3/b10-7+,12-11+,19-13+. The molecule has 0 aliphatic heterocycles. The van der Waals surface area contributed by atoms with E-state index in [1.807, 2.05) is 85.0 Å². The van der Waals surface area contributed by atoms with Crippen molar-refractivity contribution in [1.82, 2.24) is 0 Å². The van der Waals surface area contributed by atoms with Crippen molar-refractivity contribution in [2.24, 2.45) is 0 Å². The molecule has 0 radical (unpaired) electrons. The molecule has 0 fully saturated rings. The summed E-state index contributed by atoms with van der Waals surface area (Å²) in [4.78, 5) is 23.3. The Kier molecular flexibility index (Phi) is 10.2. The van der Waals surface area contributed by atoms with Crippen LogP contribution in [0.3, 0.4) is 0 Å². The van der Waals surface area contributed by atoms with E-state index in [0.717, 1.165) is 27.8 Å². The van der Waals surface area contributed by atoms with Crippen LogP contribution in [0.4, 0.5) is 4.39 Å². The number of hydrogen-bond acceptors (Lipinski definition) is 4. The largest absolute Gasteiger partial charge is 0.423 e. The first kappa shape index (κ1) is 30.4. The molecule has 0 spiro atoms. The van der Waals surface area contributed by atoms with Crippen LogP contribution in [0.25, 0.3) is 36.5 Å². The summed E-state index contributed by atoms with van der Waals surface area (Å²) in [5.74, 6) is -0.332. The maximum absolute atomic E-state index is 14.8. The Hall–Kier alpha value is -5.55. The zero-order valence-corrected chi connectivity index (χ0v) is 24.0. The molecule has 0 amide bonds. The first-order valence-electron chi connectivity index (χ1n) is 13.6. The third kappa shape index (κ3) is 9.23. The molecule has 4 rings (SSSR count). The highest BCUT2D eigenvalue weighted by Gasteiger charge is 2.06. The van der Waals surface area contributed by atoms with Crippen molar-refractivity contribution in [3.05, 3.63) is 154 Å². The van der Waals surface area contributed by atoms with Gasteiger partial charge in [-0.3, -0.25) is 0 Å². The number of carbonyl (C=O) groups excluding carboxylic acids is 2. The average Bonchev–Trinajstić information content (AvgIpc) is 3.00. The quantitative estimate of drug-likeness (QED) is 0.0825. The molecule has 0 bridgehead atoms. The normalized spacial score (nSPS) is 11.2. The number of hydrogen-bond donors (Lipinski definition) is 0. The molecule has 5 heteroatoms. The SMILES string of the molecule is C=C(C)C(=O)Oc1ccc(/C=C/c2ccc(/C=C/c3ccc(/C=C/c4ccc(OC(=O)C(=C)C)cc4)cc3F)cc2)cc1. The molecule has 4 aromatic rings. The van der Waals surface area contributed by atoms with Gasteiger partial charge in [-0.2, -0.15) is 0 Å². The molecular weight excluding hydrogens is 539 g/mol. The van der Waals surface area contributed by atoms with Crippen molar-refractivity contribution < 1.29 is 23.5 Å². The number of carbonyl (C=O) groups is 2. The van der Waals surface area contributed by atoms with Gasteiger partial charge in [-0.05, 0) is 72.0 Å². The fourth-order valence-corrected chi connectivity index (χ4v) is 3.75. The summed E-state index contributed by atoms with van der Waals surface area (Å²) in [5.41, 5.74) is 5.71. The summed E-state index contributed by atoms with van der Waals surface area (Å²) < 4.78 is 25.2. The van der Waals surface area contributed by atoms with Gasteiger partial charge in [0.05, 0.1) is 0 Å². The molecule has 0 heterocycles. The van der Waals surface area contributed by atoms with E-state index in [1.165, 1.54) is 6.07 Å². The van der Waals surface area contributed by atoms with Gasteiger partial charge in [0.1, 0.15) is 17.3 Å². The Labute approximate surface area is 251 Å².